The van der Waals surface area contributed by atoms with Gasteiger partial charge in [-0.3, -0.25) is 4.72 Å². The first-order chi connectivity index (χ1) is 8.65. The first-order valence-electron chi connectivity index (χ1n) is 5.18. The number of phenols is 1. The molecule has 9 heteroatoms. The predicted molar refractivity (Wildman–Crippen MR) is 70.5 cm³/mol. The first-order valence-corrected chi connectivity index (χ1v) is 8.72. The Morgan fingerprint density at radius 1 is 1.26 bits per heavy atom. The number of hydrogen-bond acceptors (Lipinski definition) is 6. The molecule has 19 heavy (non-hydrogen) atoms. The maximum absolute atomic E-state index is 11.6. The number of benzene rings is 1. The number of rotatable bonds is 6. The van der Waals surface area contributed by atoms with E-state index in [0.717, 1.165) is 18.4 Å². The van der Waals surface area contributed by atoms with Crippen LogP contribution in [0.25, 0.3) is 0 Å². The maximum Gasteiger partial charge on any atom is 0.235 e. The van der Waals surface area contributed by atoms with Crippen LogP contribution in [0.15, 0.2) is 23.1 Å². The molecule has 108 valence electrons. The van der Waals surface area contributed by atoms with Gasteiger partial charge in [0.2, 0.25) is 10.0 Å². The van der Waals surface area contributed by atoms with Crippen LogP contribution in [0, 0.1) is 0 Å². The van der Waals surface area contributed by atoms with Crippen molar-refractivity contribution in [2.45, 2.75) is 4.90 Å². The number of methoxy groups -OCH3 is 1. The molecule has 0 fully saturated rings. The van der Waals surface area contributed by atoms with Crippen molar-refractivity contribution >= 4 is 25.5 Å². The number of ether oxygens (including phenoxy) is 1. The molecule has 0 saturated carbocycles. The number of hydrogen-bond donors (Lipinski definition) is 2. The third-order valence-electron chi connectivity index (χ3n) is 2.22. The van der Waals surface area contributed by atoms with Gasteiger partial charge < -0.3 is 9.84 Å². The monoisotopic (exact) mass is 309 g/mol. The lowest BCUT2D eigenvalue weighted by molar-refractivity contribution is 0.217. The Labute approximate surface area is 112 Å². The summed E-state index contributed by atoms with van der Waals surface area (Å²) in [6.07, 6.45) is 0.989. The van der Waals surface area contributed by atoms with Crippen molar-refractivity contribution in [2.75, 3.05) is 30.4 Å². The molecule has 0 saturated heterocycles. The molecular weight excluding hydrogens is 294 g/mol. The molecule has 1 aromatic carbocycles. The summed E-state index contributed by atoms with van der Waals surface area (Å²) in [5.41, 5.74) is -0.181. The molecule has 0 aliphatic carbocycles. The molecule has 0 amide bonds. The molecule has 7 nitrogen and oxygen atoms in total. The minimum atomic E-state index is -3.71. The zero-order chi connectivity index (χ0) is 14.7. The van der Waals surface area contributed by atoms with Crippen LogP contribution in [-0.4, -0.2) is 47.7 Å². The molecule has 1 rings (SSSR count). The van der Waals surface area contributed by atoms with Crippen molar-refractivity contribution in [3.63, 3.8) is 0 Å². The molecule has 0 heterocycles. The molecule has 0 atom stereocenters. The number of aromatic hydroxyl groups is 1. The Kier molecular flexibility index (Phi) is 4.77. The summed E-state index contributed by atoms with van der Waals surface area (Å²) in [6, 6.07) is 3.37. The highest BCUT2D eigenvalue weighted by molar-refractivity contribution is 7.92. The smallest absolute Gasteiger partial charge is 0.235 e. The molecule has 2 N–H and O–H groups in total. The van der Waals surface area contributed by atoms with Crippen LogP contribution in [0.5, 0.6) is 5.75 Å². The van der Waals surface area contributed by atoms with Crippen LogP contribution in [0.4, 0.5) is 5.69 Å². The predicted octanol–water partition coefficient (Wildman–Crippen LogP) is 0.184. The van der Waals surface area contributed by atoms with Crippen LogP contribution >= 0.6 is 0 Å². The van der Waals surface area contributed by atoms with E-state index in [9.17, 15) is 21.9 Å². The lowest BCUT2D eigenvalue weighted by atomic mass is 10.3. The SMILES string of the molecule is COCCS(=O)(=O)Nc1cc(S(C)(=O)=O)ccc1O. The summed E-state index contributed by atoms with van der Waals surface area (Å²) >= 11 is 0. The van der Waals surface area contributed by atoms with Gasteiger partial charge in [-0.25, -0.2) is 16.8 Å². The van der Waals surface area contributed by atoms with Gasteiger partial charge in [0, 0.05) is 13.4 Å². The largest absolute Gasteiger partial charge is 0.506 e. The Morgan fingerprint density at radius 3 is 2.42 bits per heavy atom. The molecule has 0 aromatic heterocycles. The van der Waals surface area contributed by atoms with Crippen molar-refractivity contribution in [3.8, 4) is 5.75 Å². The van der Waals surface area contributed by atoms with Gasteiger partial charge in [-0.15, -0.1) is 0 Å². The van der Waals surface area contributed by atoms with Crippen LogP contribution < -0.4 is 4.72 Å². The number of sulfone groups is 1. The van der Waals surface area contributed by atoms with Gasteiger partial charge in [0.1, 0.15) is 5.75 Å². The standard InChI is InChI=1S/C10H15NO6S2/c1-17-5-6-19(15,16)11-9-7-8(18(2,13)14)3-4-10(9)12/h3-4,7,11-12H,5-6H2,1-2H3. The van der Waals surface area contributed by atoms with Crippen molar-refractivity contribution in [2.24, 2.45) is 0 Å². The maximum atomic E-state index is 11.6. The second-order valence-electron chi connectivity index (χ2n) is 3.86. The van der Waals surface area contributed by atoms with E-state index in [1.54, 1.807) is 0 Å². The van der Waals surface area contributed by atoms with E-state index in [-0.39, 0.29) is 28.7 Å². The summed E-state index contributed by atoms with van der Waals surface area (Å²) in [6.45, 7) is -0.0120. The second kappa shape index (κ2) is 5.76. The average Bonchev–Trinajstić information content (AvgIpc) is 2.28. The number of sulfonamides is 1. The van der Waals surface area contributed by atoms with E-state index in [1.807, 2.05) is 0 Å². The minimum absolute atomic E-state index is 0.0120. The van der Waals surface area contributed by atoms with E-state index in [2.05, 4.69) is 9.46 Å². The summed E-state index contributed by atoms with van der Waals surface area (Å²) in [7, 11) is -5.84. The highest BCUT2D eigenvalue weighted by Crippen LogP contribution is 2.27. The highest BCUT2D eigenvalue weighted by atomic mass is 32.2. The molecule has 0 radical (unpaired) electrons. The fourth-order valence-corrected chi connectivity index (χ4v) is 2.87. The van der Waals surface area contributed by atoms with Crippen LogP contribution in [0.2, 0.25) is 0 Å². The molecular formula is C10H15NO6S2. The van der Waals surface area contributed by atoms with Crippen molar-refractivity contribution in [3.05, 3.63) is 18.2 Å². The van der Waals surface area contributed by atoms with Gasteiger partial charge in [-0.2, -0.15) is 0 Å². The van der Waals surface area contributed by atoms with E-state index >= 15 is 0 Å². The molecule has 0 spiro atoms. The lowest BCUT2D eigenvalue weighted by Gasteiger charge is -2.10. The van der Waals surface area contributed by atoms with Crippen LogP contribution in [0.3, 0.4) is 0 Å². The van der Waals surface area contributed by atoms with Gasteiger partial charge in [0.05, 0.1) is 22.9 Å². The van der Waals surface area contributed by atoms with E-state index in [1.165, 1.54) is 13.2 Å². The molecule has 1 aromatic rings. The summed E-state index contributed by atoms with van der Waals surface area (Å²) in [5, 5.41) is 9.54. The van der Waals surface area contributed by atoms with Crippen LogP contribution in [0.1, 0.15) is 0 Å². The zero-order valence-corrected chi connectivity index (χ0v) is 12.1. The average molecular weight is 309 g/mol. The third kappa shape index (κ3) is 4.69. The van der Waals surface area contributed by atoms with Crippen molar-refractivity contribution < 1.29 is 26.7 Å². The molecule has 0 aliphatic heterocycles. The molecule has 0 bridgehead atoms. The van der Waals surface area contributed by atoms with E-state index in [4.69, 9.17) is 0 Å². The summed E-state index contributed by atoms with van der Waals surface area (Å²) in [4.78, 5) is -0.0882. The van der Waals surface area contributed by atoms with Gasteiger partial charge in [-0.1, -0.05) is 0 Å². The Balaban J connectivity index is 3.08. The van der Waals surface area contributed by atoms with Gasteiger partial charge in [-0.05, 0) is 18.2 Å². The second-order valence-corrected chi connectivity index (χ2v) is 7.72. The highest BCUT2D eigenvalue weighted by Gasteiger charge is 2.15. The molecule has 0 aliphatic rings. The third-order valence-corrected chi connectivity index (χ3v) is 4.56. The fourth-order valence-electron chi connectivity index (χ4n) is 1.24. The fraction of sp³-hybridized carbons (Fsp3) is 0.400. The minimum Gasteiger partial charge on any atom is -0.506 e. The Bertz CT molecular complexity index is 651. The lowest BCUT2D eigenvalue weighted by Crippen LogP contribution is -2.20. The Hall–Kier alpha value is -1.32. The van der Waals surface area contributed by atoms with Crippen molar-refractivity contribution in [1.82, 2.24) is 0 Å². The molecule has 0 unspecified atom stereocenters. The topological polar surface area (TPSA) is 110 Å². The van der Waals surface area contributed by atoms with E-state index in [0.29, 0.717) is 0 Å². The number of phenolic OH excluding ortho intramolecular Hbond substituents is 1. The summed E-state index contributed by atoms with van der Waals surface area (Å²) in [5.74, 6) is -0.653. The van der Waals surface area contributed by atoms with E-state index < -0.39 is 19.9 Å². The Morgan fingerprint density at radius 2 is 1.89 bits per heavy atom. The van der Waals surface area contributed by atoms with Gasteiger partial charge >= 0.3 is 0 Å². The van der Waals surface area contributed by atoms with Crippen molar-refractivity contribution in [1.29, 1.82) is 0 Å². The first kappa shape index (κ1) is 15.7. The van der Waals surface area contributed by atoms with Gasteiger partial charge in [0.15, 0.2) is 9.84 Å². The quantitative estimate of drug-likeness (QED) is 0.726. The normalized spacial score (nSPS) is 12.3. The zero-order valence-electron chi connectivity index (χ0n) is 10.5. The number of nitrogens with one attached hydrogen (secondary N) is 1. The van der Waals surface area contributed by atoms with Gasteiger partial charge in [0.25, 0.3) is 0 Å². The summed E-state index contributed by atoms with van der Waals surface area (Å²) < 4.78 is 52.7. The van der Waals surface area contributed by atoms with Crippen LogP contribution in [-0.2, 0) is 24.6 Å². The number of anilines is 1.